The van der Waals surface area contributed by atoms with Crippen LogP contribution in [0.15, 0.2) is 48.5 Å². The third-order valence-electron chi connectivity index (χ3n) is 4.22. The Morgan fingerprint density at radius 3 is 2.46 bits per heavy atom. The molecule has 0 atom stereocenters. The molecule has 1 N–H and O–H groups in total. The van der Waals surface area contributed by atoms with Crippen LogP contribution in [0, 0.1) is 13.8 Å². The highest BCUT2D eigenvalue weighted by Crippen LogP contribution is 2.29. The molecule has 3 aromatic rings. The van der Waals surface area contributed by atoms with Gasteiger partial charge in [-0.15, -0.1) is 0 Å². The Balaban J connectivity index is 2.22. The predicted octanol–water partition coefficient (Wildman–Crippen LogP) is 4.66. The molecule has 3 heteroatoms. The van der Waals surface area contributed by atoms with Gasteiger partial charge in [-0.3, -0.25) is 4.79 Å². The molecule has 0 bridgehead atoms. The van der Waals surface area contributed by atoms with Crippen molar-refractivity contribution in [3.63, 3.8) is 0 Å². The number of pyridine rings is 1. The lowest BCUT2D eigenvalue weighted by Gasteiger charge is -2.14. The molecule has 0 spiro atoms. The van der Waals surface area contributed by atoms with Crippen LogP contribution in [0.25, 0.3) is 22.2 Å². The minimum absolute atomic E-state index is 0.0266. The number of aromatic nitrogens is 1. The van der Waals surface area contributed by atoms with E-state index in [1.807, 2.05) is 31.2 Å². The number of amides is 1. The van der Waals surface area contributed by atoms with Gasteiger partial charge in [-0.1, -0.05) is 55.0 Å². The Bertz CT molecular complexity index is 882. The Labute approximate surface area is 142 Å². The number of carbonyl (C=O) groups excluding carboxylic acids is 1. The minimum Gasteiger partial charge on any atom is -0.352 e. The largest absolute Gasteiger partial charge is 0.352 e. The molecule has 0 unspecified atom stereocenters. The first-order valence-corrected chi connectivity index (χ1v) is 8.36. The molecule has 1 aromatic heterocycles. The zero-order valence-corrected chi connectivity index (χ0v) is 14.4. The molecule has 0 aliphatic carbocycles. The Kier molecular flexibility index (Phi) is 4.61. The number of hydrogen-bond acceptors (Lipinski definition) is 2. The molecule has 0 radical (unpaired) electrons. The highest BCUT2D eigenvalue weighted by Gasteiger charge is 2.18. The van der Waals surface area contributed by atoms with E-state index in [-0.39, 0.29) is 5.91 Å². The maximum atomic E-state index is 12.7. The first kappa shape index (κ1) is 16.2. The number of carbonyl (C=O) groups is 1. The summed E-state index contributed by atoms with van der Waals surface area (Å²) in [6, 6.07) is 16.1. The van der Waals surface area contributed by atoms with Gasteiger partial charge in [0.15, 0.2) is 0 Å². The summed E-state index contributed by atoms with van der Waals surface area (Å²) in [5, 5.41) is 3.90. The summed E-state index contributed by atoms with van der Waals surface area (Å²) in [5.41, 5.74) is 5.61. The SMILES string of the molecule is CCCNC(=O)c1c(C)c(-c2ccc(C)cc2)nc2ccccc12. The molecule has 122 valence electrons. The van der Waals surface area contributed by atoms with Gasteiger partial charge >= 0.3 is 0 Å². The number of aryl methyl sites for hydroxylation is 1. The van der Waals surface area contributed by atoms with Gasteiger partial charge in [0.05, 0.1) is 16.8 Å². The van der Waals surface area contributed by atoms with Crippen LogP contribution in [-0.4, -0.2) is 17.4 Å². The lowest BCUT2D eigenvalue weighted by molar-refractivity contribution is 0.0954. The summed E-state index contributed by atoms with van der Waals surface area (Å²) in [4.78, 5) is 17.6. The van der Waals surface area contributed by atoms with Crippen molar-refractivity contribution < 1.29 is 4.79 Å². The zero-order chi connectivity index (χ0) is 17.1. The molecule has 1 amide bonds. The summed E-state index contributed by atoms with van der Waals surface area (Å²) in [7, 11) is 0. The Hall–Kier alpha value is -2.68. The monoisotopic (exact) mass is 318 g/mol. The van der Waals surface area contributed by atoms with Gasteiger partial charge in [0.1, 0.15) is 0 Å². The number of nitrogens with one attached hydrogen (secondary N) is 1. The molecule has 2 aromatic carbocycles. The van der Waals surface area contributed by atoms with Gasteiger partial charge in [-0.05, 0) is 31.9 Å². The molecule has 0 saturated heterocycles. The van der Waals surface area contributed by atoms with Crippen molar-refractivity contribution in [1.82, 2.24) is 10.3 Å². The summed E-state index contributed by atoms with van der Waals surface area (Å²) >= 11 is 0. The fourth-order valence-electron chi connectivity index (χ4n) is 2.92. The average Bonchev–Trinajstić information content (AvgIpc) is 2.60. The highest BCUT2D eigenvalue weighted by molar-refractivity contribution is 6.08. The number of nitrogens with zero attached hydrogens (tertiary/aromatic N) is 1. The molecule has 0 aliphatic rings. The third kappa shape index (κ3) is 3.02. The van der Waals surface area contributed by atoms with Gasteiger partial charge in [0.2, 0.25) is 0 Å². The van der Waals surface area contributed by atoms with Crippen molar-refractivity contribution in [2.45, 2.75) is 27.2 Å². The van der Waals surface area contributed by atoms with Crippen LogP contribution in [-0.2, 0) is 0 Å². The number of benzene rings is 2. The van der Waals surface area contributed by atoms with Gasteiger partial charge in [0.25, 0.3) is 5.91 Å². The van der Waals surface area contributed by atoms with Gasteiger partial charge in [-0.2, -0.15) is 0 Å². The van der Waals surface area contributed by atoms with E-state index >= 15 is 0 Å². The van der Waals surface area contributed by atoms with E-state index in [2.05, 4.69) is 43.4 Å². The molecule has 0 aliphatic heterocycles. The molecule has 3 nitrogen and oxygen atoms in total. The van der Waals surface area contributed by atoms with Crippen molar-refractivity contribution in [3.8, 4) is 11.3 Å². The van der Waals surface area contributed by atoms with Crippen LogP contribution in [0.2, 0.25) is 0 Å². The quantitative estimate of drug-likeness (QED) is 0.760. The maximum Gasteiger partial charge on any atom is 0.252 e. The van der Waals surface area contributed by atoms with Crippen molar-refractivity contribution in [2.24, 2.45) is 0 Å². The number of rotatable bonds is 4. The highest BCUT2D eigenvalue weighted by atomic mass is 16.1. The molecule has 0 saturated carbocycles. The second kappa shape index (κ2) is 6.83. The topological polar surface area (TPSA) is 42.0 Å². The lowest BCUT2D eigenvalue weighted by atomic mass is 9.97. The zero-order valence-electron chi connectivity index (χ0n) is 14.4. The van der Waals surface area contributed by atoms with E-state index in [1.54, 1.807) is 0 Å². The van der Waals surface area contributed by atoms with Crippen molar-refractivity contribution in [2.75, 3.05) is 6.54 Å². The Morgan fingerprint density at radius 2 is 1.75 bits per heavy atom. The maximum absolute atomic E-state index is 12.7. The normalized spacial score (nSPS) is 10.8. The third-order valence-corrected chi connectivity index (χ3v) is 4.22. The first-order chi connectivity index (χ1) is 11.6. The van der Waals surface area contributed by atoms with Crippen molar-refractivity contribution in [3.05, 3.63) is 65.2 Å². The number of fused-ring (bicyclic) bond motifs is 1. The van der Waals surface area contributed by atoms with Gasteiger partial charge in [0, 0.05) is 17.5 Å². The second-order valence-corrected chi connectivity index (χ2v) is 6.10. The van der Waals surface area contributed by atoms with Crippen molar-refractivity contribution >= 4 is 16.8 Å². The summed E-state index contributed by atoms with van der Waals surface area (Å²) in [6.07, 6.45) is 0.915. The summed E-state index contributed by atoms with van der Waals surface area (Å²) in [5.74, 6) is -0.0266. The fourth-order valence-corrected chi connectivity index (χ4v) is 2.92. The Morgan fingerprint density at radius 1 is 1.04 bits per heavy atom. The van der Waals surface area contributed by atoms with E-state index in [9.17, 15) is 4.79 Å². The molecule has 0 fully saturated rings. The van der Waals surface area contributed by atoms with Crippen LogP contribution in [0.3, 0.4) is 0 Å². The van der Waals surface area contributed by atoms with Crippen LogP contribution in [0.4, 0.5) is 0 Å². The van der Waals surface area contributed by atoms with E-state index < -0.39 is 0 Å². The first-order valence-electron chi connectivity index (χ1n) is 8.36. The predicted molar refractivity (Wildman–Crippen MR) is 99.3 cm³/mol. The molecule has 24 heavy (non-hydrogen) atoms. The van der Waals surface area contributed by atoms with Crippen LogP contribution < -0.4 is 5.32 Å². The van der Waals surface area contributed by atoms with Crippen molar-refractivity contribution in [1.29, 1.82) is 0 Å². The summed E-state index contributed by atoms with van der Waals surface area (Å²) < 4.78 is 0. The fraction of sp³-hybridized carbons (Fsp3) is 0.238. The molecular formula is C21H22N2O. The molecular weight excluding hydrogens is 296 g/mol. The summed E-state index contributed by atoms with van der Waals surface area (Å²) in [6.45, 7) is 6.77. The second-order valence-electron chi connectivity index (χ2n) is 6.10. The van der Waals surface area contributed by atoms with E-state index in [1.165, 1.54) is 5.56 Å². The van der Waals surface area contributed by atoms with E-state index in [0.717, 1.165) is 39.7 Å². The van der Waals surface area contributed by atoms with Gasteiger partial charge < -0.3 is 5.32 Å². The van der Waals surface area contributed by atoms with Crippen LogP contribution >= 0.6 is 0 Å². The lowest BCUT2D eigenvalue weighted by Crippen LogP contribution is -2.25. The smallest absolute Gasteiger partial charge is 0.252 e. The number of hydrogen-bond donors (Lipinski definition) is 1. The number of para-hydroxylation sites is 1. The molecule has 3 rings (SSSR count). The molecule has 1 heterocycles. The van der Waals surface area contributed by atoms with Crippen LogP contribution in [0.5, 0.6) is 0 Å². The van der Waals surface area contributed by atoms with Crippen LogP contribution in [0.1, 0.15) is 34.8 Å². The van der Waals surface area contributed by atoms with E-state index in [0.29, 0.717) is 6.54 Å². The van der Waals surface area contributed by atoms with Gasteiger partial charge in [-0.25, -0.2) is 4.98 Å². The minimum atomic E-state index is -0.0266. The standard InChI is InChI=1S/C21H22N2O/c1-4-13-22-21(24)19-15(3)20(16-11-9-14(2)10-12-16)23-18-8-6-5-7-17(18)19/h5-12H,4,13H2,1-3H3,(H,22,24). The average molecular weight is 318 g/mol. The van der Waals surface area contributed by atoms with E-state index in [4.69, 9.17) is 4.98 Å².